The van der Waals surface area contributed by atoms with Crippen molar-refractivity contribution in [1.29, 1.82) is 0 Å². The van der Waals surface area contributed by atoms with Crippen molar-refractivity contribution < 1.29 is 36.0 Å². The third-order valence-corrected chi connectivity index (χ3v) is 9.64. The lowest BCUT2D eigenvalue weighted by Gasteiger charge is -2.40. The number of rotatable bonds is 12. The maximum absolute atomic E-state index is 14.1. The van der Waals surface area contributed by atoms with Crippen molar-refractivity contribution in [3.8, 4) is 0 Å². The van der Waals surface area contributed by atoms with Crippen LogP contribution in [0, 0.1) is 11.3 Å². The third kappa shape index (κ3) is 9.59. The average Bonchev–Trinajstić information content (AvgIpc) is 2.97. The molecule has 0 heterocycles. The van der Waals surface area contributed by atoms with Crippen LogP contribution in [0.4, 0.5) is 18.9 Å². The summed E-state index contributed by atoms with van der Waals surface area (Å²) in [6.07, 6.45) is -3.50. The molecule has 0 bridgehead atoms. The van der Waals surface area contributed by atoms with Gasteiger partial charge in [-0.1, -0.05) is 84.9 Å². The number of amides is 3. The number of benzene rings is 2. The van der Waals surface area contributed by atoms with Crippen molar-refractivity contribution in [2.75, 3.05) is 19.8 Å². The molecule has 0 unspecified atom stereocenters. The molecule has 0 radical (unpaired) electrons. The Labute approximate surface area is 281 Å². The first-order chi connectivity index (χ1) is 21.9. The Bertz CT molecular complexity index is 1620. The number of nitrogens with two attached hydrogens (primary N) is 1. The Balaban J connectivity index is 2.36. The van der Waals surface area contributed by atoms with Crippen molar-refractivity contribution in [2.45, 2.75) is 90.0 Å². The second-order valence-electron chi connectivity index (χ2n) is 13.8. The minimum Gasteiger partial charge on any atom is -0.398 e. The first kappa shape index (κ1) is 40.3. The molecule has 0 aromatic heterocycles. The topological polar surface area (TPSA) is 151 Å². The molecule has 0 aliphatic carbocycles. The molecular weight excluding hydrogens is 647 g/mol. The SMILES string of the molecule is CN[C@H](C(=O)N[C@H](C(=O)N(C)[C@H](C=C(C)C(=O)NS(=O)(=O)c1ccc(N)c(C(F)(F)F)c1)C(C)C)C(C)(C)C)C(C)(C)c1ccccc1. The Kier molecular flexibility index (Phi) is 12.7. The molecular formula is C34H48F3N5O5S. The van der Waals surface area contributed by atoms with Crippen LogP contribution in [0.1, 0.15) is 66.5 Å². The normalized spacial score (nSPS) is 15.0. The molecule has 3 amide bonds. The Morgan fingerprint density at radius 3 is 1.98 bits per heavy atom. The molecule has 14 heteroatoms. The highest BCUT2D eigenvalue weighted by atomic mass is 32.2. The molecule has 0 saturated heterocycles. The maximum atomic E-state index is 14.1. The number of hydrogen-bond donors (Lipinski definition) is 4. The van der Waals surface area contributed by atoms with Gasteiger partial charge in [-0.25, -0.2) is 13.1 Å². The molecule has 3 atom stereocenters. The monoisotopic (exact) mass is 695 g/mol. The number of nitrogen functional groups attached to an aromatic ring is 1. The highest BCUT2D eigenvalue weighted by molar-refractivity contribution is 7.90. The maximum Gasteiger partial charge on any atom is 0.418 e. The molecule has 0 saturated carbocycles. The molecule has 266 valence electrons. The Morgan fingerprint density at radius 2 is 1.50 bits per heavy atom. The van der Waals surface area contributed by atoms with Gasteiger partial charge in [0, 0.05) is 23.7 Å². The van der Waals surface area contributed by atoms with E-state index in [-0.39, 0.29) is 17.4 Å². The van der Waals surface area contributed by atoms with E-state index >= 15 is 0 Å². The lowest BCUT2D eigenvalue weighted by atomic mass is 9.76. The second kappa shape index (κ2) is 15.1. The van der Waals surface area contributed by atoms with Gasteiger partial charge in [-0.2, -0.15) is 13.2 Å². The molecule has 0 aliphatic rings. The van der Waals surface area contributed by atoms with Gasteiger partial charge in [0.2, 0.25) is 11.8 Å². The summed E-state index contributed by atoms with van der Waals surface area (Å²) in [7, 11) is -1.52. The van der Waals surface area contributed by atoms with Crippen LogP contribution < -0.4 is 21.1 Å². The molecule has 2 aromatic carbocycles. The van der Waals surface area contributed by atoms with Gasteiger partial charge in [-0.15, -0.1) is 0 Å². The number of hydrogen-bond acceptors (Lipinski definition) is 7. The van der Waals surface area contributed by atoms with Gasteiger partial charge >= 0.3 is 6.18 Å². The van der Waals surface area contributed by atoms with Crippen molar-refractivity contribution >= 4 is 33.4 Å². The van der Waals surface area contributed by atoms with E-state index in [0.29, 0.717) is 6.07 Å². The molecule has 10 nitrogen and oxygen atoms in total. The van der Waals surface area contributed by atoms with Gasteiger partial charge in [-0.05, 0) is 49.1 Å². The first-order valence-corrected chi connectivity index (χ1v) is 16.9. The van der Waals surface area contributed by atoms with Crippen LogP contribution in [0.2, 0.25) is 0 Å². The van der Waals surface area contributed by atoms with Crippen LogP contribution >= 0.6 is 0 Å². The minimum absolute atomic E-state index is 0.0976. The van der Waals surface area contributed by atoms with Crippen LogP contribution in [-0.4, -0.2) is 63.3 Å². The summed E-state index contributed by atoms with van der Waals surface area (Å²) >= 11 is 0. The zero-order chi connectivity index (χ0) is 37.0. The number of nitrogens with zero attached hydrogens (tertiary/aromatic N) is 1. The molecule has 0 fully saturated rings. The molecule has 48 heavy (non-hydrogen) atoms. The summed E-state index contributed by atoms with van der Waals surface area (Å²) in [4.78, 5) is 41.4. The summed E-state index contributed by atoms with van der Waals surface area (Å²) in [5, 5.41) is 6.03. The van der Waals surface area contributed by atoms with E-state index < -0.39 is 73.1 Å². The summed E-state index contributed by atoms with van der Waals surface area (Å²) in [5.74, 6) is -2.20. The number of anilines is 1. The smallest absolute Gasteiger partial charge is 0.398 e. The van der Waals surface area contributed by atoms with Crippen molar-refractivity contribution in [3.05, 3.63) is 71.3 Å². The largest absolute Gasteiger partial charge is 0.418 e. The van der Waals surface area contributed by atoms with Crippen LogP contribution in [0.5, 0.6) is 0 Å². The quantitative estimate of drug-likeness (QED) is 0.187. The predicted molar refractivity (Wildman–Crippen MR) is 180 cm³/mol. The molecule has 2 aromatic rings. The third-order valence-electron chi connectivity index (χ3n) is 8.31. The molecule has 0 aliphatic heterocycles. The standard InChI is InChI=1S/C34H48F3N5O5S/c1-20(2)26(18-21(3)29(43)41-48(46,47)23-16-17-25(38)24(19-23)34(35,36)37)42(10)31(45)28(32(4,5)6)40-30(44)27(39-9)33(7,8)22-14-12-11-13-15-22/h11-20,26-28,39H,38H2,1-10H3,(H,40,44)(H,41,43)/t26-,27-,28-/m1/s1. The number of alkyl halides is 3. The van der Waals surface area contributed by atoms with Gasteiger partial charge in [0.25, 0.3) is 15.9 Å². The zero-order valence-corrected chi connectivity index (χ0v) is 29.9. The molecule has 2 rings (SSSR count). The van der Waals surface area contributed by atoms with Crippen LogP contribution in [0.15, 0.2) is 65.1 Å². The molecule has 0 spiro atoms. The Morgan fingerprint density at radius 1 is 0.938 bits per heavy atom. The number of carbonyl (C=O) groups is 3. The van der Waals surface area contributed by atoms with Crippen LogP contribution in [-0.2, 0) is 36.0 Å². The summed E-state index contributed by atoms with van der Waals surface area (Å²) < 4.78 is 67.5. The van der Waals surface area contributed by atoms with E-state index in [4.69, 9.17) is 5.73 Å². The van der Waals surface area contributed by atoms with Gasteiger partial charge in [0.1, 0.15) is 6.04 Å². The van der Waals surface area contributed by atoms with Crippen LogP contribution in [0.25, 0.3) is 0 Å². The highest BCUT2D eigenvalue weighted by Crippen LogP contribution is 2.35. The fourth-order valence-corrected chi connectivity index (χ4v) is 6.41. The van der Waals surface area contributed by atoms with Gasteiger partial charge in [-0.3, -0.25) is 14.4 Å². The highest BCUT2D eigenvalue weighted by Gasteiger charge is 2.42. The van der Waals surface area contributed by atoms with Crippen molar-refractivity contribution in [1.82, 2.24) is 20.3 Å². The number of nitrogens with one attached hydrogen (secondary N) is 3. The van der Waals surface area contributed by atoms with E-state index in [9.17, 15) is 36.0 Å². The minimum atomic E-state index is -4.91. The fourth-order valence-electron chi connectivity index (χ4n) is 5.37. The zero-order valence-electron chi connectivity index (χ0n) is 29.1. The predicted octanol–water partition coefficient (Wildman–Crippen LogP) is 4.62. The van der Waals surface area contributed by atoms with Crippen LogP contribution in [0.3, 0.4) is 0 Å². The summed E-state index contributed by atoms with van der Waals surface area (Å²) in [6, 6.07) is 9.10. The number of sulfonamides is 1. The van der Waals surface area contributed by atoms with E-state index in [1.807, 2.05) is 65.0 Å². The van der Waals surface area contributed by atoms with Crippen molar-refractivity contribution in [2.24, 2.45) is 11.3 Å². The van der Waals surface area contributed by atoms with Gasteiger partial charge < -0.3 is 21.3 Å². The Hall–Kier alpha value is -3.91. The van der Waals surface area contributed by atoms with Gasteiger partial charge in [0.15, 0.2) is 0 Å². The fraction of sp³-hybridized carbons (Fsp3) is 0.500. The first-order valence-electron chi connectivity index (χ1n) is 15.4. The number of carbonyl (C=O) groups excluding carboxylic acids is 3. The molecule has 5 N–H and O–H groups in total. The summed E-state index contributed by atoms with van der Waals surface area (Å²) in [6.45, 7) is 14.2. The van der Waals surface area contributed by atoms with E-state index in [2.05, 4.69) is 10.6 Å². The van der Waals surface area contributed by atoms with Gasteiger partial charge in [0.05, 0.1) is 22.5 Å². The number of likely N-dealkylation sites (N-methyl/N-ethyl adjacent to an activating group) is 2. The number of halogens is 3. The van der Waals surface area contributed by atoms with E-state index in [0.717, 1.165) is 17.7 Å². The lowest BCUT2D eigenvalue weighted by molar-refractivity contribution is -0.141. The average molecular weight is 696 g/mol. The van der Waals surface area contributed by atoms with E-state index in [1.54, 1.807) is 25.6 Å². The van der Waals surface area contributed by atoms with Crippen molar-refractivity contribution in [3.63, 3.8) is 0 Å². The second-order valence-corrected chi connectivity index (χ2v) is 15.5. The lowest BCUT2D eigenvalue weighted by Crippen LogP contribution is -2.61. The van der Waals surface area contributed by atoms with E-state index in [1.165, 1.54) is 24.9 Å². The summed E-state index contributed by atoms with van der Waals surface area (Å²) in [5.41, 5.74) is 2.80.